The summed E-state index contributed by atoms with van der Waals surface area (Å²) < 4.78 is 6.66. The van der Waals surface area contributed by atoms with Crippen LogP contribution in [-0.4, -0.2) is 19.1 Å². The fourth-order valence-corrected chi connectivity index (χ4v) is 2.27. The average Bonchev–Trinajstić information content (AvgIpc) is 2.56. The molecule has 2 aromatic carbocycles. The molecule has 0 aliphatic rings. The number of halogens is 1. The highest BCUT2D eigenvalue weighted by Crippen LogP contribution is 2.17. The Balaban J connectivity index is 1.75. The van der Waals surface area contributed by atoms with Crippen LogP contribution < -0.4 is 15.4 Å². The van der Waals surface area contributed by atoms with Crippen LogP contribution in [0.25, 0.3) is 0 Å². The summed E-state index contributed by atoms with van der Waals surface area (Å²) in [5.41, 5.74) is 1.66. The van der Waals surface area contributed by atoms with Crippen LogP contribution in [0.4, 0.5) is 11.4 Å². The lowest BCUT2D eigenvalue weighted by Gasteiger charge is -2.10. The molecular weight excluding hydrogens is 368 g/mol. The van der Waals surface area contributed by atoms with Crippen molar-refractivity contribution in [2.45, 2.75) is 20.3 Å². The molecule has 1 amide bonds. The number of benzene rings is 2. The SMILES string of the molecule is CC(C)CCOc1ccc(NCC(=O)Nc2ccc(Br)cc2)cc1. The van der Waals surface area contributed by atoms with Gasteiger partial charge in [0, 0.05) is 15.8 Å². The number of hydrogen-bond donors (Lipinski definition) is 2. The molecule has 0 aliphatic heterocycles. The fraction of sp³-hybridized carbons (Fsp3) is 0.316. The predicted molar refractivity (Wildman–Crippen MR) is 103 cm³/mol. The molecule has 0 unspecified atom stereocenters. The van der Waals surface area contributed by atoms with E-state index in [2.05, 4.69) is 40.4 Å². The number of hydrogen-bond acceptors (Lipinski definition) is 3. The first-order chi connectivity index (χ1) is 11.5. The van der Waals surface area contributed by atoms with E-state index in [1.807, 2.05) is 48.5 Å². The summed E-state index contributed by atoms with van der Waals surface area (Å²) in [6, 6.07) is 15.1. The van der Waals surface area contributed by atoms with Gasteiger partial charge in [0.15, 0.2) is 0 Å². The second kappa shape index (κ2) is 9.33. The van der Waals surface area contributed by atoms with Crippen LogP contribution in [-0.2, 0) is 4.79 Å². The summed E-state index contributed by atoms with van der Waals surface area (Å²) in [5.74, 6) is 1.39. The second-order valence-corrected chi connectivity index (χ2v) is 6.88. The van der Waals surface area contributed by atoms with Gasteiger partial charge in [-0.1, -0.05) is 29.8 Å². The Morgan fingerprint density at radius 1 is 1.04 bits per heavy atom. The van der Waals surface area contributed by atoms with Gasteiger partial charge in [-0.25, -0.2) is 0 Å². The summed E-state index contributed by atoms with van der Waals surface area (Å²) in [6.45, 7) is 5.29. The molecule has 2 aromatic rings. The summed E-state index contributed by atoms with van der Waals surface area (Å²) >= 11 is 3.37. The fourth-order valence-electron chi connectivity index (χ4n) is 2.00. The van der Waals surface area contributed by atoms with Gasteiger partial charge in [0.05, 0.1) is 13.2 Å². The molecule has 0 radical (unpaired) electrons. The van der Waals surface area contributed by atoms with Crippen LogP contribution in [0.1, 0.15) is 20.3 Å². The van der Waals surface area contributed by atoms with E-state index in [4.69, 9.17) is 4.74 Å². The molecule has 0 saturated carbocycles. The van der Waals surface area contributed by atoms with Crippen LogP contribution in [0.2, 0.25) is 0 Å². The summed E-state index contributed by atoms with van der Waals surface area (Å²) in [5, 5.41) is 5.94. The van der Waals surface area contributed by atoms with Crippen LogP contribution in [0, 0.1) is 5.92 Å². The molecule has 0 atom stereocenters. The van der Waals surface area contributed by atoms with Gasteiger partial charge in [0.25, 0.3) is 0 Å². The highest BCUT2D eigenvalue weighted by molar-refractivity contribution is 9.10. The van der Waals surface area contributed by atoms with Crippen molar-refractivity contribution >= 4 is 33.2 Å². The number of rotatable bonds is 8. The van der Waals surface area contributed by atoms with Gasteiger partial charge in [0.2, 0.25) is 5.91 Å². The Bertz CT molecular complexity index is 639. The van der Waals surface area contributed by atoms with E-state index in [1.165, 1.54) is 0 Å². The van der Waals surface area contributed by atoms with Gasteiger partial charge in [-0.2, -0.15) is 0 Å². The molecule has 0 fully saturated rings. The maximum atomic E-state index is 11.9. The molecule has 4 nitrogen and oxygen atoms in total. The minimum atomic E-state index is -0.0883. The van der Waals surface area contributed by atoms with Gasteiger partial charge in [0.1, 0.15) is 5.75 Å². The van der Waals surface area contributed by atoms with Crippen LogP contribution >= 0.6 is 15.9 Å². The maximum absolute atomic E-state index is 11.9. The Morgan fingerprint density at radius 2 is 1.67 bits per heavy atom. The number of nitrogens with one attached hydrogen (secondary N) is 2. The molecule has 0 bridgehead atoms. The van der Waals surface area contributed by atoms with Crippen molar-refractivity contribution in [3.8, 4) is 5.75 Å². The van der Waals surface area contributed by atoms with Gasteiger partial charge >= 0.3 is 0 Å². The van der Waals surface area contributed by atoms with Crippen LogP contribution in [0.15, 0.2) is 53.0 Å². The third-order valence-corrected chi connectivity index (χ3v) is 3.93. The van der Waals surface area contributed by atoms with E-state index in [0.29, 0.717) is 5.92 Å². The van der Waals surface area contributed by atoms with Crippen molar-refractivity contribution in [2.24, 2.45) is 5.92 Å². The van der Waals surface area contributed by atoms with Gasteiger partial charge in [-0.15, -0.1) is 0 Å². The molecule has 2 N–H and O–H groups in total. The zero-order valence-corrected chi connectivity index (χ0v) is 15.6. The van der Waals surface area contributed by atoms with E-state index in [-0.39, 0.29) is 12.5 Å². The highest BCUT2D eigenvalue weighted by Gasteiger charge is 2.03. The first-order valence-corrected chi connectivity index (χ1v) is 8.84. The quantitative estimate of drug-likeness (QED) is 0.671. The zero-order valence-electron chi connectivity index (χ0n) is 14.0. The Labute approximate surface area is 151 Å². The monoisotopic (exact) mass is 390 g/mol. The largest absolute Gasteiger partial charge is 0.494 e. The van der Waals surface area contributed by atoms with Crippen LogP contribution in [0.3, 0.4) is 0 Å². The number of ether oxygens (including phenoxy) is 1. The van der Waals surface area contributed by atoms with Gasteiger partial charge < -0.3 is 15.4 Å². The standard InChI is InChI=1S/C19H23BrN2O2/c1-14(2)11-12-24-18-9-7-16(8-10-18)21-13-19(23)22-17-5-3-15(20)4-6-17/h3-10,14,21H,11-13H2,1-2H3,(H,22,23). The second-order valence-electron chi connectivity index (χ2n) is 5.96. The van der Waals surface area contributed by atoms with Crippen molar-refractivity contribution in [3.63, 3.8) is 0 Å². The predicted octanol–water partition coefficient (Wildman–Crippen LogP) is 4.92. The Hall–Kier alpha value is -2.01. The smallest absolute Gasteiger partial charge is 0.243 e. The molecule has 24 heavy (non-hydrogen) atoms. The molecule has 2 rings (SSSR count). The summed E-state index contributed by atoms with van der Waals surface area (Å²) in [4.78, 5) is 11.9. The highest BCUT2D eigenvalue weighted by atomic mass is 79.9. The van der Waals surface area contributed by atoms with Crippen molar-refractivity contribution in [1.29, 1.82) is 0 Å². The van der Waals surface area contributed by atoms with E-state index < -0.39 is 0 Å². The van der Waals surface area contributed by atoms with Crippen LogP contribution in [0.5, 0.6) is 5.75 Å². The normalized spacial score (nSPS) is 10.5. The Kier molecular flexibility index (Phi) is 7.12. The minimum Gasteiger partial charge on any atom is -0.494 e. The molecule has 128 valence electrons. The van der Waals surface area contributed by atoms with E-state index in [1.54, 1.807) is 0 Å². The maximum Gasteiger partial charge on any atom is 0.243 e. The first kappa shape index (κ1) is 18.3. The Morgan fingerprint density at radius 3 is 2.29 bits per heavy atom. The summed E-state index contributed by atoms with van der Waals surface area (Å²) in [6.07, 6.45) is 1.04. The van der Waals surface area contributed by atoms with Crippen molar-refractivity contribution < 1.29 is 9.53 Å². The molecule has 5 heteroatoms. The number of anilines is 2. The van der Waals surface area contributed by atoms with E-state index >= 15 is 0 Å². The molecule has 0 aromatic heterocycles. The molecule has 0 saturated heterocycles. The minimum absolute atomic E-state index is 0.0883. The van der Waals surface area contributed by atoms with E-state index in [0.717, 1.165) is 34.6 Å². The lowest BCUT2D eigenvalue weighted by molar-refractivity contribution is -0.114. The van der Waals surface area contributed by atoms with Crippen molar-refractivity contribution in [3.05, 3.63) is 53.0 Å². The lowest BCUT2D eigenvalue weighted by Crippen LogP contribution is -2.21. The molecule has 0 heterocycles. The number of carbonyl (C=O) groups excluding carboxylic acids is 1. The number of amides is 1. The first-order valence-electron chi connectivity index (χ1n) is 8.05. The lowest BCUT2D eigenvalue weighted by atomic mass is 10.1. The van der Waals surface area contributed by atoms with Gasteiger partial charge in [-0.3, -0.25) is 4.79 Å². The number of carbonyl (C=O) groups is 1. The molecular formula is C19H23BrN2O2. The third kappa shape index (κ3) is 6.62. The van der Waals surface area contributed by atoms with Crippen molar-refractivity contribution in [1.82, 2.24) is 0 Å². The third-order valence-electron chi connectivity index (χ3n) is 3.40. The van der Waals surface area contributed by atoms with Gasteiger partial charge in [-0.05, 0) is 60.9 Å². The molecule has 0 aliphatic carbocycles. The topological polar surface area (TPSA) is 50.4 Å². The summed E-state index contributed by atoms with van der Waals surface area (Å²) in [7, 11) is 0. The molecule has 0 spiro atoms. The van der Waals surface area contributed by atoms with Crippen molar-refractivity contribution in [2.75, 3.05) is 23.8 Å². The average molecular weight is 391 g/mol. The van der Waals surface area contributed by atoms with E-state index in [9.17, 15) is 4.79 Å². The zero-order chi connectivity index (χ0) is 17.4.